The molecule has 108 valence electrons. The summed E-state index contributed by atoms with van der Waals surface area (Å²) in [4.78, 5) is 16.2. The molecule has 2 atom stereocenters. The number of carboxylic acid groups (broad SMARTS) is 1. The smallest absolute Gasteiger partial charge is 0.338 e. The largest absolute Gasteiger partial charge is 0.478 e. The lowest BCUT2D eigenvalue weighted by atomic mass is 9.91. The molecule has 1 fully saturated rings. The third-order valence-corrected chi connectivity index (χ3v) is 5.71. The highest BCUT2D eigenvalue weighted by Crippen LogP contribution is 2.38. The van der Waals surface area contributed by atoms with E-state index in [0.29, 0.717) is 10.8 Å². The monoisotopic (exact) mass is 291 g/mol. The first-order chi connectivity index (χ1) is 9.63. The van der Waals surface area contributed by atoms with Crippen LogP contribution in [0.5, 0.6) is 0 Å². The van der Waals surface area contributed by atoms with Crippen molar-refractivity contribution in [3.8, 4) is 0 Å². The zero-order valence-electron chi connectivity index (χ0n) is 11.9. The number of thioether (sulfide) groups is 1. The van der Waals surface area contributed by atoms with Gasteiger partial charge in [-0.15, -0.1) is 11.8 Å². The molecule has 3 nitrogen and oxygen atoms in total. The lowest BCUT2D eigenvalue weighted by Crippen LogP contribution is -2.16. The van der Waals surface area contributed by atoms with Gasteiger partial charge in [-0.05, 0) is 49.7 Å². The molecular weight excluding hydrogens is 270 g/mol. The molecule has 1 aromatic rings. The summed E-state index contributed by atoms with van der Waals surface area (Å²) in [7, 11) is 0. The standard InChI is InChI=1S/C16H21NO2S/c1-10-4-2-6-12(8-10)20-15-13(16(18)19)9-11-5-3-7-14(11)17-15/h9-10,12H,2-8H2,1H3,(H,18,19). The molecule has 0 aliphatic heterocycles. The van der Waals surface area contributed by atoms with Crippen molar-refractivity contribution in [1.82, 2.24) is 4.98 Å². The number of pyridine rings is 1. The van der Waals surface area contributed by atoms with Crippen molar-refractivity contribution in [2.75, 3.05) is 0 Å². The van der Waals surface area contributed by atoms with Crippen LogP contribution in [-0.2, 0) is 12.8 Å². The second-order valence-electron chi connectivity index (χ2n) is 6.12. The molecule has 2 aliphatic carbocycles. The first-order valence-corrected chi connectivity index (χ1v) is 8.44. The van der Waals surface area contributed by atoms with E-state index in [2.05, 4.69) is 11.9 Å². The van der Waals surface area contributed by atoms with Crippen LogP contribution in [0.1, 0.15) is 60.6 Å². The van der Waals surface area contributed by atoms with Crippen molar-refractivity contribution < 1.29 is 9.90 Å². The number of aromatic carboxylic acids is 1. The van der Waals surface area contributed by atoms with E-state index in [4.69, 9.17) is 0 Å². The molecule has 1 aromatic heterocycles. The van der Waals surface area contributed by atoms with Gasteiger partial charge in [0.05, 0.1) is 5.56 Å². The van der Waals surface area contributed by atoms with E-state index >= 15 is 0 Å². The van der Waals surface area contributed by atoms with E-state index in [9.17, 15) is 9.90 Å². The van der Waals surface area contributed by atoms with Crippen molar-refractivity contribution in [3.63, 3.8) is 0 Å². The molecule has 0 amide bonds. The maximum atomic E-state index is 11.5. The SMILES string of the molecule is CC1CCCC(Sc2nc3c(cc2C(=O)O)CCC3)C1. The Morgan fingerprint density at radius 3 is 2.95 bits per heavy atom. The third kappa shape index (κ3) is 2.85. The normalized spacial score (nSPS) is 25.4. The Bertz CT molecular complexity index is 529. The van der Waals surface area contributed by atoms with Gasteiger partial charge >= 0.3 is 5.97 Å². The average Bonchev–Trinajstić information content (AvgIpc) is 2.84. The molecule has 2 unspecified atom stereocenters. The maximum absolute atomic E-state index is 11.5. The van der Waals surface area contributed by atoms with Gasteiger partial charge in [-0.2, -0.15) is 0 Å². The number of carbonyl (C=O) groups is 1. The maximum Gasteiger partial charge on any atom is 0.338 e. The first kappa shape index (κ1) is 13.9. The number of carboxylic acids is 1. The molecule has 0 bridgehead atoms. The highest BCUT2D eigenvalue weighted by Gasteiger charge is 2.25. The van der Waals surface area contributed by atoms with Gasteiger partial charge < -0.3 is 5.11 Å². The van der Waals surface area contributed by atoms with Crippen molar-refractivity contribution in [2.45, 2.75) is 62.1 Å². The molecule has 3 rings (SSSR count). The molecule has 2 aliphatic rings. The zero-order chi connectivity index (χ0) is 14.1. The van der Waals surface area contributed by atoms with Crippen LogP contribution >= 0.6 is 11.8 Å². The number of aromatic nitrogens is 1. The number of nitrogens with zero attached hydrogens (tertiary/aromatic N) is 1. The minimum absolute atomic E-state index is 0.411. The van der Waals surface area contributed by atoms with E-state index in [-0.39, 0.29) is 0 Å². The molecule has 20 heavy (non-hydrogen) atoms. The minimum Gasteiger partial charge on any atom is -0.478 e. The van der Waals surface area contributed by atoms with Crippen molar-refractivity contribution in [3.05, 3.63) is 22.9 Å². The Kier molecular flexibility index (Phi) is 4.01. The van der Waals surface area contributed by atoms with Gasteiger partial charge in [0.2, 0.25) is 0 Å². The lowest BCUT2D eigenvalue weighted by Gasteiger charge is -2.26. The number of fused-ring (bicyclic) bond motifs is 1. The summed E-state index contributed by atoms with van der Waals surface area (Å²) in [5.74, 6) is -0.0810. The Hall–Kier alpha value is -1.03. The number of hydrogen-bond acceptors (Lipinski definition) is 3. The van der Waals surface area contributed by atoms with Crippen molar-refractivity contribution in [2.24, 2.45) is 5.92 Å². The average molecular weight is 291 g/mol. The number of rotatable bonds is 3. The highest BCUT2D eigenvalue weighted by atomic mass is 32.2. The first-order valence-electron chi connectivity index (χ1n) is 7.56. The molecule has 0 saturated heterocycles. The van der Waals surface area contributed by atoms with Crippen molar-refractivity contribution in [1.29, 1.82) is 0 Å². The Morgan fingerprint density at radius 2 is 2.20 bits per heavy atom. The number of hydrogen-bond donors (Lipinski definition) is 1. The molecule has 1 N–H and O–H groups in total. The summed E-state index contributed by atoms with van der Waals surface area (Å²) < 4.78 is 0. The molecular formula is C16H21NO2S. The van der Waals surface area contributed by atoms with Crippen LogP contribution in [0.2, 0.25) is 0 Å². The van der Waals surface area contributed by atoms with E-state index in [1.54, 1.807) is 11.8 Å². The minimum atomic E-state index is -0.835. The predicted octanol–water partition coefficient (Wildman–Crippen LogP) is 3.94. The van der Waals surface area contributed by atoms with Gasteiger partial charge in [0, 0.05) is 10.9 Å². The van der Waals surface area contributed by atoms with E-state index in [1.807, 2.05) is 6.07 Å². The fraction of sp³-hybridized carbons (Fsp3) is 0.625. The fourth-order valence-electron chi connectivity index (χ4n) is 3.34. The van der Waals surface area contributed by atoms with Crippen LogP contribution in [0, 0.1) is 5.92 Å². The number of aryl methyl sites for hydroxylation is 2. The molecule has 1 saturated carbocycles. The Balaban J connectivity index is 1.86. The van der Waals surface area contributed by atoms with Crippen LogP contribution in [0.3, 0.4) is 0 Å². The van der Waals surface area contributed by atoms with Gasteiger partial charge in [-0.1, -0.05) is 19.8 Å². The Morgan fingerprint density at radius 1 is 1.35 bits per heavy atom. The predicted molar refractivity (Wildman–Crippen MR) is 80.5 cm³/mol. The summed E-state index contributed by atoms with van der Waals surface area (Å²) in [5, 5.41) is 10.7. The van der Waals surface area contributed by atoms with Crippen LogP contribution < -0.4 is 0 Å². The quantitative estimate of drug-likeness (QED) is 0.916. The van der Waals surface area contributed by atoms with Crippen LogP contribution in [0.15, 0.2) is 11.1 Å². The second-order valence-corrected chi connectivity index (χ2v) is 7.41. The molecule has 0 aromatic carbocycles. The molecule has 4 heteroatoms. The van der Waals surface area contributed by atoms with Gasteiger partial charge in [0.1, 0.15) is 5.03 Å². The van der Waals surface area contributed by atoms with Crippen LogP contribution in [-0.4, -0.2) is 21.3 Å². The summed E-state index contributed by atoms with van der Waals surface area (Å²) >= 11 is 1.70. The molecule has 1 heterocycles. The summed E-state index contributed by atoms with van der Waals surface area (Å²) in [5.41, 5.74) is 2.68. The summed E-state index contributed by atoms with van der Waals surface area (Å²) in [6, 6.07) is 1.87. The van der Waals surface area contributed by atoms with E-state index in [0.717, 1.165) is 41.5 Å². The van der Waals surface area contributed by atoms with Crippen molar-refractivity contribution >= 4 is 17.7 Å². The highest BCUT2D eigenvalue weighted by molar-refractivity contribution is 7.99. The lowest BCUT2D eigenvalue weighted by molar-refractivity contribution is 0.0692. The van der Waals surface area contributed by atoms with Crippen LogP contribution in [0.25, 0.3) is 0 Å². The summed E-state index contributed by atoms with van der Waals surface area (Å²) in [6.07, 6.45) is 8.02. The van der Waals surface area contributed by atoms with E-state index in [1.165, 1.54) is 25.7 Å². The second kappa shape index (κ2) is 5.76. The van der Waals surface area contributed by atoms with Gasteiger partial charge in [0.25, 0.3) is 0 Å². The molecule has 0 spiro atoms. The van der Waals surface area contributed by atoms with Gasteiger partial charge in [-0.25, -0.2) is 9.78 Å². The van der Waals surface area contributed by atoms with Crippen LogP contribution in [0.4, 0.5) is 0 Å². The zero-order valence-corrected chi connectivity index (χ0v) is 12.7. The van der Waals surface area contributed by atoms with Gasteiger partial charge in [0.15, 0.2) is 0 Å². The topological polar surface area (TPSA) is 50.2 Å². The Labute approximate surface area is 124 Å². The third-order valence-electron chi connectivity index (χ3n) is 4.41. The van der Waals surface area contributed by atoms with Gasteiger partial charge in [-0.3, -0.25) is 0 Å². The molecule has 0 radical (unpaired) electrons. The fourth-order valence-corrected chi connectivity index (χ4v) is 4.80. The summed E-state index contributed by atoms with van der Waals surface area (Å²) in [6.45, 7) is 2.29. The van der Waals surface area contributed by atoms with E-state index < -0.39 is 5.97 Å².